The average molecular weight is 418 g/mol. The predicted octanol–water partition coefficient (Wildman–Crippen LogP) is 2.16. The largest absolute Gasteiger partial charge is 0.492 e. The lowest BCUT2D eigenvalue weighted by Crippen LogP contribution is -2.73. The van der Waals surface area contributed by atoms with Crippen LogP contribution in [-0.2, 0) is 5.41 Å². The molecule has 5 heterocycles. The number of carboxylic acid groups (broad SMARTS) is 1. The van der Waals surface area contributed by atoms with Crippen LogP contribution in [0.5, 0.6) is 5.75 Å². The average Bonchev–Trinajstić information content (AvgIpc) is 3.20. The maximum atomic E-state index is 11.3. The lowest BCUT2D eigenvalue weighted by molar-refractivity contribution is 0.0262. The maximum Gasteiger partial charge on any atom is 0.404 e. The zero-order valence-corrected chi connectivity index (χ0v) is 17.0. The van der Waals surface area contributed by atoms with E-state index in [2.05, 4.69) is 21.8 Å². The Morgan fingerprint density at radius 2 is 2.35 bits per heavy atom. The fourth-order valence-electron chi connectivity index (χ4n) is 5.09. The third-order valence-corrected chi connectivity index (χ3v) is 6.42. The minimum Gasteiger partial charge on any atom is -0.492 e. The molecule has 31 heavy (non-hydrogen) atoms. The van der Waals surface area contributed by atoms with Gasteiger partial charge in [0.15, 0.2) is 0 Å². The van der Waals surface area contributed by atoms with Crippen LogP contribution in [-0.4, -0.2) is 51.5 Å². The molecular formula is C22H22N6O3. The second-order valence-electron chi connectivity index (χ2n) is 8.10. The maximum absolute atomic E-state index is 11.3. The highest BCUT2D eigenvalue weighted by molar-refractivity contribution is 5.85. The van der Waals surface area contributed by atoms with Gasteiger partial charge in [-0.05, 0) is 31.4 Å². The Balaban J connectivity index is 1.55. The van der Waals surface area contributed by atoms with Gasteiger partial charge in [-0.3, -0.25) is 4.98 Å². The number of hydrogen-bond donors (Lipinski definition) is 3. The molecule has 0 radical (unpaired) electrons. The summed E-state index contributed by atoms with van der Waals surface area (Å²) in [6.07, 6.45) is 4.98. The Labute approximate surface area is 178 Å². The first-order valence-electron chi connectivity index (χ1n) is 10.3. The fraction of sp³-hybridized carbons (Fsp3) is 0.364. The van der Waals surface area contributed by atoms with Crippen LogP contribution >= 0.6 is 0 Å². The highest BCUT2D eigenvalue weighted by Crippen LogP contribution is 2.49. The number of nitrogens with one attached hydrogen (secondary N) is 2. The summed E-state index contributed by atoms with van der Waals surface area (Å²) >= 11 is 0. The van der Waals surface area contributed by atoms with Gasteiger partial charge in [-0.2, -0.15) is 10.4 Å². The smallest absolute Gasteiger partial charge is 0.404 e. The van der Waals surface area contributed by atoms with E-state index in [1.54, 1.807) is 23.1 Å². The summed E-state index contributed by atoms with van der Waals surface area (Å²) in [6, 6.07) is 7.88. The van der Waals surface area contributed by atoms with Gasteiger partial charge >= 0.3 is 6.09 Å². The minimum absolute atomic E-state index is 0.141. The lowest BCUT2D eigenvalue weighted by Gasteiger charge is -2.58. The Bertz CT molecular complexity index is 1190. The number of fused-ring (bicyclic) bond motifs is 3. The van der Waals surface area contributed by atoms with E-state index in [1.165, 1.54) is 0 Å². The lowest BCUT2D eigenvalue weighted by atomic mass is 9.53. The van der Waals surface area contributed by atoms with Crippen LogP contribution in [0.25, 0.3) is 16.6 Å². The molecule has 0 spiro atoms. The number of amides is 1. The summed E-state index contributed by atoms with van der Waals surface area (Å²) in [5.41, 5.74) is 3.36. The van der Waals surface area contributed by atoms with Crippen molar-refractivity contribution in [3.8, 4) is 22.9 Å². The molecule has 3 aromatic rings. The molecule has 2 bridgehead atoms. The number of nitrogens with zero attached hydrogens (tertiary/aromatic N) is 4. The molecular weight excluding hydrogens is 396 g/mol. The monoisotopic (exact) mass is 418 g/mol. The van der Waals surface area contributed by atoms with E-state index < -0.39 is 6.09 Å². The third-order valence-electron chi connectivity index (χ3n) is 6.42. The molecule has 0 aromatic carbocycles. The molecule has 158 valence electrons. The molecule has 3 aromatic heterocycles. The van der Waals surface area contributed by atoms with Crippen LogP contribution in [0.1, 0.15) is 24.6 Å². The number of nitriles is 1. The van der Waals surface area contributed by atoms with E-state index in [-0.39, 0.29) is 17.4 Å². The van der Waals surface area contributed by atoms with Gasteiger partial charge in [0, 0.05) is 47.6 Å². The normalized spacial score (nSPS) is 24.3. The molecule has 9 nitrogen and oxygen atoms in total. The quantitative estimate of drug-likeness (QED) is 0.580. The number of hydrogen-bond acceptors (Lipinski definition) is 6. The standard InChI is InChI=1S/C22H22N6O3/c1-2-31-16-5-17(19-15(7-23)10-26-28(19)11-16)13-3-4-18(25-9-13)22-6-14(8-24-12-22)20(22)27-21(29)30/h3-5,9-11,14,20,24,27H,2,6,8,12H2,1H3,(H,29,30)/t14-,20+,22-/m0/s1. The molecule has 1 amide bonds. The van der Waals surface area contributed by atoms with Gasteiger partial charge in [-0.25, -0.2) is 9.31 Å². The van der Waals surface area contributed by atoms with Crippen molar-refractivity contribution in [3.63, 3.8) is 0 Å². The molecule has 3 fully saturated rings. The molecule has 2 saturated heterocycles. The summed E-state index contributed by atoms with van der Waals surface area (Å²) in [6.45, 7) is 3.93. The first kappa shape index (κ1) is 19.3. The van der Waals surface area contributed by atoms with E-state index in [4.69, 9.17) is 9.72 Å². The van der Waals surface area contributed by atoms with E-state index >= 15 is 0 Å². The van der Waals surface area contributed by atoms with E-state index in [0.717, 1.165) is 29.8 Å². The highest BCUT2D eigenvalue weighted by atomic mass is 16.5. The molecule has 3 atom stereocenters. The molecule has 0 unspecified atom stereocenters. The van der Waals surface area contributed by atoms with Crippen molar-refractivity contribution in [2.75, 3.05) is 19.7 Å². The summed E-state index contributed by atoms with van der Waals surface area (Å²) < 4.78 is 7.33. The summed E-state index contributed by atoms with van der Waals surface area (Å²) in [5, 5.41) is 29.1. The van der Waals surface area contributed by atoms with E-state index in [1.807, 2.05) is 25.1 Å². The fourth-order valence-corrected chi connectivity index (χ4v) is 5.09. The Morgan fingerprint density at radius 3 is 3.03 bits per heavy atom. The van der Waals surface area contributed by atoms with Crippen molar-refractivity contribution in [1.82, 2.24) is 25.2 Å². The van der Waals surface area contributed by atoms with Gasteiger partial charge in [0.2, 0.25) is 0 Å². The van der Waals surface area contributed by atoms with Crippen LogP contribution in [0.3, 0.4) is 0 Å². The van der Waals surface area contributed by atoms with Gasteiger partial charge in [0.05, 0.1) is 30.1 Å². The first-order valence-corrected chi connectivity index (χ1v) is 10.3. The molecule has 2 aliphatic heterocycles. The Kier molecular flexibility index (Phi) is 4.52. The third kappa shape index (κ3) is 2.99. The van der Waals surface area contributed by atoms with Crippen LogP contribution in [0.2, 0.25) is 0 Å². The van der Waals surface area contributed by atoms with E-state index in [9.17, 15) is 15.2 Å². The van der Waals surface area contributed by atoms with Crippen molar-refractivity contribution in [2.24, 2.45) is 5.92 Å². The van der Waals surface area contributed by atoms with Crippen molar-refractivity contribution in [1.29, 1.82) is 5.26 Å². The number of carbonyl (C=O) groups is 1. The van der Waals surface area contributed by atoms with Crippen LogP contribution in [0.15, 0.2) is 36.8 Å². The number of rotatable bonds is 5. The summed E-state index contributed by atoms with van der Waals surface area (Å²) in [4.78, 5) is 16.0. The van der Waals surface area contributed by atoms with Gasteiger partial charge in [0.1, 0.15) is 11.8 Å². The first-order chi connectivity index (χ1) is 15.1. The number of ether oxygens (including phenoxy) is 1. The van der Waals surface area contributed by atoms with Crippen LogP contribution in [0.4, 0.5) is 4.79 Å². The molecule has 9 heteroatoms. The van der Waals surface area contributed by atoms with Gasteiger partial charge in [0.25, 0.3) is 0 Å². The zero-order valence-electron chi connectivity index (χ0n) is 17.0. The second kappa shape index (κ2) is 7.25. The Morgan fingerprint density at radius 1 is 1.48 bits per heavy atom. The number of aromatic nitrogens is 3. The summed E-state index contributed by atoms with van der Waals surface area (Å²) in [5.74, 6) is 0.933. The van der Waals surface area contributed by atoms with Gasteiger partial charge in [-0.1, -0.05) is 6.07 Å². The second-order valence-corrected chi connectivity index (χ2v) is 8.10. The molecule has 1 aliphatic carbocycles. The van der Waals surface area contributed by atoms with Gasteiger partial charge < -0.3 is 20.5 Å². The number of pyridine rings is 2. The topological polar surface area (TPSA) is 125 Å². The number of piperidine rings is 2. The van der Waals surface area contributed by atoms with Crippen molar-refractivity contribution in [2.45, 2.75) is 24.8 Å². The molecule has 6 rings (SSSR count). The van der Waals surface area contributed by atoms with Crippen molar-refractivity contribution >= 4 is 11.6 Å². The van der Waals surface area contributed by atoms with Crippen LogP contribution < -0.4 is 15.4 Å². The van der Waals surface area contributed by atoms with Gasteiger partial charge in [-0.15, -0.1) is 0 Å². The van der Waals surface area contributed by atoms with Crippen LogP contribution in [0, 0.1) is 17.2 Å². The molecule has 1 saturated carbocycles. The minimum atomic E-state index is -1.00. The predicted molar refractivity (Wildman–Crippen MR) is 112 cm³/mol. The van der Waals surface area contributed by atoms with Crippen molar-refractivity contribution in [3.05, 3.63) is 48.0 Å². The van der Waals surface area contributed by atoms with Crippen molar-refractivity contribution < 1.29 is 14.6 Å². The zero-order chi connectivity index (χ0) is 21.6. The van der Waals surface area contributed by atoms with E-state index in [0.29, 0.717) is 30.0 Å². The highest BCUT2D eigenvalue weighted by Gasteiger charge is 2.58. The Hall–Kier alpha value is -3.64. The SMILES string of the molecule is CCOc1cc(-c2ccc([C@@]34CNC[C@H](C3)[C@H]4NC(=O)O)nc2)c2c(C#N)cnn2c1. The molecule has 3 aliphatic rings. The summed E-state index contributed by atoms with van der Waals surface area (Å²) in [7, 11) is 0. The molecule has 3 N–H and O–H groups in total.